The largest absolute Gasteiger partial charge is 0.482 e. The maximum absolute atomic E-state index is 12.1. The van der Waals surface area contributed by atoms with Crippen molar-refractivity contribution >= 4 is 33.7 Å². The number of ether oxygens (including phenoxy) is 3. The van der Waals surface area contributed by atoms with Crippen LogP contribution >= 0.6 is 0 Å². The molecular weight excluding hydrogens is 494 g/mol. The number of carbonyl (C=O) groups is 1. The molecule has 3 N–H and O–H groups in total. The Kier molecular flexibility index (Phi) is 8.90. The number of nitrogen functional groups attached to an aromatic ring is 1. The summed E-state index contributed by atoms with van der Waals surface area (Å²) in [6.07, 6.45) is 5.84. The molecular formula is C30H37N5O4. The number of nitrogens with zero attached hydrogens (tertiary/aromatic N) is 3. The minimum absolute atomic E-state index is 0.0562. The highest BCUT2D eigenvalue weighted by molar-refractivity contribution is 6.06. The van der Waals surface area contributed by atoms with Crippen molar-refractivity contribution in [2.24, 2.45) is 0 Å². The van der Waals surface area contributed by atoms with Crippen molar-refractivity contribution in [3.63, 3.8) is 0 Å². The summed E-state index contributed by atoms with van der Waals surface area (Å²) in [6.45, 7) is 2.84. The number of para-hydroxylation sites is 1. The molecule has 206 valence electrons. The van der Waals surface area contributed by atoms with E-state index in [2.05, 4.69) is 20.9 Å². The third kappa shape index (κ3) is 6.66. The fourth-order valence-electron chi connectivity index (χ4n) is 5.24. The number of fused-ring (bicyclic) bond motifs is 3. The molecule has 9 nitrogen and oxygen atoms in total. The molecule has 39 heavy (non-hydrogen) atoms. The Morgan fingerprint density at radius 1 is 1.13 bits per heavy atom. The monoisotopic (exact) mass is 531 g/mol. The number of rotatable bonds is 13. The molecule has 1 aliphatic rings. The zero-order valence-electron chi connectivity index (χ0n) is 22.5. The van der Waals surface area contributed by atoms with Gasteiger partial charge in [0.1, 0.15) is 23.2 Å². The van der Waals surface area contributed by atoms with Gasteiger partial charge in [0, 0.05) is 32.0 Å². The molecule has 4 aromatic rings. The van der Waals surface area contributed by atoms with E-state index < -0.39 is 0 Å². The van der Waals surface area contributed by atoms with E-state index in [0.717, 1.165) is 78.5 Å². The zero-order valence-corrected chi connectivity index (χ0v) is 22.5. The van der Waals surface area contributed by atoms with E-state index in [4.69, 9.17) is 24.9 Å². The molecule has 1 aliphatic carbocycles. The summed E-state index contributed by atoms with van der Waals surface area (Å²) in [5, 5.41) is 4.57. The summed E-state index contributed by atoms with van der Waals surface area (Å²) in [5.74, 6) is 1.78. The van der Waals surface area contributed by atoms with Crippen LogP contribution in [0.3, 0.4) is 0 Å². The Morgan fingerprint density at radius 3 is 2.82 bits per heavy atom. The lowest BCUT2D eigenvalue weighted by molar-refractivity contribution is -0.151. The zero-order chi connectivity index (χ0) is 27.0. The average Bonchev–Trinajstić information content (AvgIpc) is 3.59. The van der Waals surface area contributed by atoms with E-state index in [1.807, 2.05) is 42.5 Å². The fraction of sp³-hybridized carbons (Fsp3) is 0.433. The summed E-state index contributed by atoms with van der Waals surface area (Å²) >= 11 is 0. The fourth-order valence-corrected chi connectivity index (χ4v) is 5.24. The van der Waals surface area contributed by atoms with E-state index in [-0.39, 0.29) is 18.7 Å². The molecule has 0 saturated heterocycles. The van der Waals surface area contributed by atoms with Gasteiger partial charge in [-0.3, -0.25) is 0 Å². The number of aryl methyl sites for hydroxylation is 1. The summed E-state index contributed by atoms with van der Waals surface area (Å²) in [5.41, 5.74) is 10.0. The van der Waals surface area contributed by atoms with E-state index in [1.165, 1.54) is 0 Å². The number of nitrogens with one attached hydrogen (secondary N) is 1. The molecule has 0 unspecified atom stereocenters. The highest BCUT2D eigenvalue weighted by Crippen LogP contribution is 2.29. The van der Waals surface area contributed by atoms with Crippen LogP contribution < -0.4 is 15.8 Å². The normalized spacial score (nSPS) is 13.9. The number of esters is 1. The van der Waals surface area contributed by atoms with Gasteiger partial charge in [0.05, 0.1) is 17.6 Å². The van der Waals surface area contributed by atoms with E-state index in [9.17, 15) is 4.79 Å². The molecule has 2 aromatic carbocycles. The third-order valence-electron chi connectivity index (χ3n) is 7.14. The molecule has 0 radical (unpaired) electrons. The SMILES string of the molecule is COCCc1nc2c(N)nc3ccccc3c2n1CCCNCc1cccc(OCC(=O)OC2CCCC2)c1. The van der Waals surface area contributed by atoms with Crippen LogP contribution in [-0.4, -0.2) is 53.5 Å². The van der Waals surface area contributed by atoms with Crippen molar-refractivity contribution in [3.8, 4) is 5.75 Å². The van der Waals surface area contributed by atoms with Crippen LogP contribution in [0.1, 0.15) is 43.5 Å². The number of pyridine rings is 1. The standard InChI is InChI=1S/C30H37N5O4/c1-37-17-14-26-34-28-29(24-12-4-5-13-25(24)33-30(28)31)35(26)16-7-15-32-19-21-8-6-11-23(18-21)38-20-27(36)39-22-9-2-3-10-22/h4-6,8,11-13,18,22,32H,2-3,7,9-10,14-17,19-20H2,1H3,(H2,31,33). The van der Waals surface area contributed by atoms with Crippen LogP contribution in [-0.2, 0) is 33.8 Å². The molecule has 2 heterocycles. The third-order valence-corrected chi connectivity index (χ3v) is 7.14. The molecule has 0 amide bonds. The number of hydrogen-bond acceptors (Lipinski definition) is 8. The van der Waals surface area contributed by atoms with E-state index in [0.29, 0.717) is 31.1 Å². The smallest absolute Gasteiger partial charge is 0.344 e. The highest BCUT2D eigenvalue weighted by Gasteiger charge is 2.19. The molecule has 0 spiro atoms. The van der Waals surface area contributed by atoms with Crippen molar-refractivity contribution < 1.29 is 19.0 Å². The first kappa shape index (κ1) is 26.9. The number of nitrogens with two attached hydrogens (primary N) is 1. The van der Waals surface area contributed by atoms with Gasteiger partial charge < -0.3 is 29.8 Å². The molecule has 5 rings (SSSR count). The molecule has 9 heteroatoms. The van der Waals surface area contributed by atoms with Crippen LogP contribution in [0.15, 0.2) is 48.5 Å². The second-order valence-corrected chi connectivity index (χ2v) is 10.00. The van der Waals surface area contributed by atoms with Crippen LogP contribution in [0.2, 0.25) is 0 Å². The lowest BCUT2D eigenvalue weighted by Crippen LogP contribution is -2.20. The Labute approximate surface area is 228 Å². The van der Waals surface area contributed by atoms with Crippen LogP contribution in [0.5, 0.6) is 5.75 Å². The van der Waals surface area contributed by atoms with Gasteiger partial charge in [-0.1, -0.05) is 30.3 Å². The predicted octanol–water partition coefficient (Wildman–Crippen LogP) is 4.40. The summed E-state index contributed by atoms with van der Waals surface area (Å²) in [4.78, 5) is 21.5. The number of methoxy groups -OCH3 is 1. The first-order valence-corrected chi connectivity index (χ1v) is 13.8. The number of hydrogen-bond donors (Lipinski definition) is 2. The van der Waals surface area contributed by atoms with Gasteiger partial charge in [-0.15, -0.1) is 0 Å². The van der Waals surface area contributed by atoms with Crippen molar-refractivity contribution in [3.05, 3.63) is 59.9 Å². The molecule has 0 aliphatic heterocycles. The van der Waals surface area contributed by atoms with Crippen LogP contribution in [0.25, 0.3) is 21.9 Å². The first-order chi connectivity index (χ1) is 19.1. The van der Waals surface area contributed by atoms with Gasteiger partial charge in [-0.2, -0.15) is 0 Å². The summed E-state index contributed by atoms with van der Waals surface area (Å²) in [7, 11) is 1.70. The quantitative estimate of drug-likeness (QED) is 0.193. The van der Waals surface area contributed by atoms with Gasteiger partial charge in [0.25, 0.3) is 0 Å². The van der Waals surface area contributed by atoms with Gasteiger partial charge in [0.2, 0.25) is 0 Å². The van der Waals surface area contributed by atoms with Crippen molar-refractivity contribution in [1.29, 1.82) is 0 Å². The van der Waals surface area contributed by atoms with Crippen LogP contribution in [0.4, 0.5) is 5.82 Å². The minimum atomic E-state index is -0.298. The van der Waals surface area contributed by atoms with Crippen molar-refractivity contribution in [2.75, 3.05) is 32.6 Å². The Bertz CT molecular complexity index is 1410. The Morgan fingerprint density at radius 2 is 1.97 bits per heavy atom. The number of carbonyl (C=O) groups excluding carboxylic acids is 1. The highest BCUT2D eigenvalue weighted by atomic mass is 16.6. The van der Waals surface area contributed by atoms with Gasteiger partial charge >= 0.3 is 5.97 Å². The summed E-state index contributed by atoms with van der Waals surface area (Å²) in [6, 6.07) is 15.9. The van der Waals surface area contributed by atoms with Crippen molar-refractivity contribution in [2.45, 2.75) is 57.7 Å². The number of aromatic nitrogens is 3. The lowest BCUT2D eigenvalue weighted by atomic mass is 10.2. The van der Waals surface area contributed by atoms with Gasteiger partial charge in [-0.05, 0) is 62.4 Å². The lowest BCUT2D eigenvalue weighted by Gasteiger charge is -2.13. The molecule has 0 bridgehead atoms. The topological polar surface area (TPSA) is 114 Å². The number of anilines is 1. The maximum atomic E-state index is 12.1. The number of imidazole rings is 1. The second kappa shape index (κ2) is 12.9. The molecule has 1 fully saturated rings. The molecule has 0 atom stereocenters. The van der Waals surface area contributed by atoms with Crippen LogP contribution in [0, 0.1) is 0 Å². The van der Waals surface area contributed by atoms with Crippen molar-refractivity contribution in [1.82, 2.24) is 19.9 Å². The Hall–Kier alpha value is -3.69. The maximum Gasteiger partial charge on any atom is 0.344 e. The number of benzene rings is 2. The average molecular weight is 532 g/mol. The molecule has 1 saturated carbocycles. The second-order valence-electron chi connectivity index (χ2n) is 10.00. The van der Waals surface area contributed by atoms with E-state index >= 15 is 0 Å². The predicted molar refractivity (Wildman–Crippen MR) is 152 cm³/mol. The van der Waals surface area contributed by atoms with Gasteiger partial charge in [0.15, 0.2) is 12.4 Å². The first-order valence-electron chi connectivity index (χ1n) is 13.8. The van der Waals surface area contributed by atoms with E-state index in [1.54, 1.807) is 7.11 Å². The minimum Gasteiger partial charge on any atom is -0.482 e. The van der Waals surface area contributed by atoms with Gasteiger partial charge in [-0.25, -0.2) is 14.8 Å². The Balaban J connectivity index is 1.17. The summed E-state index contributed by atoms with van der Waals surface area (Å²) < 4.78 is 18.7. The molecule has 2 aromatic heterocycles.